The van der Waals surface area contributed by atoms with Crippen LogP contribution in [0.3, 0.4) is 0 Å². The van der Waals surface area contributed by atoms with Gasteiger partial charge < -0.3 is 24.8 Å². The molecule has 1 aliphatic heterocycles. The highest BCUT2D eigenvalue weighted by molar-refractivity contribution is 5.93. The van der Waals surface area contributed by atoms with Gasteiger partial charge in [-0.1, -0.05) is 48.5 Å². The van der Waals surface area contributed by atoms with Gasteiger partial charge in [0.25, 0.3) is 0 Å². The second-order valence-corrected chi connectivity index (χ2v) is 7.86. The van der Waals surface area contributed by atoms with Crippen molar-refractivity contribution < 1.29 is 14.6 Å². The Bertz CT molecular complexity index is 949. The van der Waals surface area contributed by atoms with Gasteiger partial charge in [0, 0.05) is 36.7 Å². The van der Waals surface area contributed by atoms with E-state index in [4.69, 9.17) is 9.47 Å². The number of aliphatic hydroxyl groups is 1. The molecule has 1 saturated heterocycles. The first kappa shape index (κ1) is 20.5. The lowest BCUT2D eigenvalue weighted by Gasteiger charge is -2.34. The third-order valence-electron chi connectivity index (χ3n) is 5.71. The minimum Gasteiger partial charge on any atom is -0.493 e. The van der Waals surface area contributed by atoms with Crippen LogP contribution in [0.1, 0.15) is 12.8 Å². The fourth-order valence-corrected chi connectivity index (χ4v) is 4.11. The molecule has 5 nitrogen and oxygen atoms in total. The third-order valence-corrected chi connectivity index (χ3v) is 5.71. The third kappa shape index (κ3) is 5.04. The molecule has 1 heterocycles. The quantitative estimate of drug-likeness (QED) is 0.588. The Labute approximate surface area is 178 Å². The molecule has 3 aromatic rings. The number of rotatable bonds is 8. The summed E-state index contributed by atoms with van der Waals surface area (Å²) in [6.45, 7) is 2.81. The van der Waals surface area contributed by atoms with E-state index >= 15 is 0 Å². The van der Waals surface area contributed by atoms with E-state index in [0.29, 0.717) is 24.1 Å². The van der Waals surface area contributed by atoms with Crippen LogP contribution in [0.5, 0.6) is 11.5 Å². The number of hydrogen-bond donors (Lipinski definition) is 2. The van der Waals surface area contributed by atoms with Crippen LogP contribution in [0, 0.1) is 0 Å². The van der Waals surface area contributed by atoms with Gasteiger partial charge in [-0.2, -0.15) is 0 Å². The Hall–Kier alpha value is -2.76. The van der Waals surface area contributed by atoms with Gasteiger partial charge in [0.1, 0.15) is 12.7 Å². The molecule has 0 amide bonds. The van der Waals surface area contributed by atoms with Crippen molar-refractivity contribution in [2.75, 3.05) is 38.7 Å². The molecule has 0 aromatic heterocycles. The topological polar surface area (TPSA) is 54.0 Å². The number of hydrogen-bond acceptors (Lipinski definition) is 5. The number of β-amino-alcohol motifs (C(OH)–C–C–N with tert-alkyl or cyclic N) is 1. The Morgan fingerprint density at radius 1 is 0.967 bits per heavy atom. The summed E-state index contributed by atoms with van der Waals surface area (Å²) in [4.78, 5) is 2.32. The van der Waals surface area contributed by atoms with E-state index in [1.807, 2.05) is 24.3 Å². The molecule has 0 radical (unpaired) electrons. The molecule has 0 saturated carbocycles. The number of nitrogens with one attached hydrogen (secondary N) is 1. The van der Waals surface area contributed by atoms with E-state index in [0.717, 1.165) is 25.9 Å². The second kappa shape index (κ2) is 9.83. The summed E-state index contributed by atoms with van der Waals surface area (Å²) >= 11 is 0. The standard InChI is InChI=1S/C25H30N2O3/c1-29-24-11-4-5-12-25(24)30-18-21(28)17-27-15-13-20(14-16-27)26-23-10-6-8-19-7-2-3-9-22(19)23/h2-12,20-21,26,28H,13-18H2,1H3/t21-/m0/s1. The molecule has 5 heteroatoms. The number of benzene rings is 3. The molecule has 1 atom stereocenters. The van der Waals surface area contributed by atoms with E-state index in [-0.39, 0.29) is 6.61 Å². The van der Waals surface area contributed by atoms with Crippen molar-refractivity contribution in [2.45, 2.75) is 25.0 Å². The number of nitrogens with zero attached hydrogens (tertiary/aromatic N) is 1. The van der Waals surface area contributed by atoms with Gasteiger partial charge in [0.15, 0.2) is 11.5 Å². The van der Waals surface area contributed by atoms with Crippen LogP contribution in [0.4, 0.5) is 5.69 Å². The number of fused-ring (bicyclic) bond motifs is 1. The first-order chi connectivity index (χ1) is 14.7. The summed E-state index contributed by atoms with van der Waals surface area (Å²) in [6, 6.07) is 22.9. The molecular weight excluding hydrogens is 376 g/mol. The predicted octanol–water partition coefficient (Wildman–Crippen LogP) is 4.16. The number of anilines is 1. The Morgan fingerprint density at radius 2 is 1.67 bits per heavy atom. The van der Waals surface area contributed by atoms with E-state index in [2.05, 4.69) is 52.7 Å². The number of aliphatic hydroxyl groups excluding tert-OH is 1. The first-order valence-electron chi connectivity index (χ1n) is 10.6. The van der Waals surface area contributed by atoms with Gasteiger partial charge in [0.05, 0.1) is 7.11 Å². The smallest absolute Gasteiger partial charge is 0.161 e. The summed E-state index contributed by atoms with van der Waals surface area (Å²) < 4.78 is 11.0. The van der Waals surface area contributed by atoms with Crippen molar-refractivity contribution >= 4 is 16.5 Å². The molecule has 158 valence electrons. The summed E-state index contributed by atoms with van der Waals surface area (Å²) in [5.74, 6) is 1.35. The maximum Gasteiger partial charge on any atom is 0.161 e. The lowest BCUT2D eigenvalue weighted by molar-refractivity contribution is 0.0596. The van der Waals surface area contributed by atoms with E-state index in [1.165, 1.54) is 16.5 Å². The second-order valence-electron chi connectivity index (χ2n) is 7.86. The van der Waals surface area contributed by atoms with Crippen molar-refractivity contribution in [3.8, 4) is 11.5 Å². The lowest BCUT2D eigenvalue weighted by atomic mass is 10.0. The van der Waals surface area contributed by atoms with E-state index < -0.39 is 6.10 Å². The van der Waals surface area contributed by atoms with Crippen LogP contribution < -0.4 is 14.8 Å². The number of methoxy groups -OCH3 is 1. The number of likely N-dealkylation sites (tertiary alicyclic amines) is 1. The molecular formula is C25H30N2O3. The maximum absolute atomic E-state index is 10.4. The van der Waals surface area contributed by atoms with Gasteiger partial charge in [-0.15, -0.1) is 0 Å². The van der Waals surface area contributed by atoms with Crippen molar-refractivity contribution in [3.63, 3.8) is 0 Å². The molecule has 1 aliphatic rings. The highest BCUT2D eigenvalue weighted by atomic mass is 16.5. The Morgan fingerprint density at radius 3 is 2.47 bits per heavy atom. The van der Waals surface area contributed by atoms with Crippen LogP contribution in [0.25, 0.3) is 10.8 Å². The molecule has 4 rings (SSSR count). The average Bonchev–Trinajstić information content (AvgIpc) is 2.79. The summed E-state index contributed by atoms with van der Waals surface area (Å²) in [7, 11) is 1.62. The van der Waals surface area contributed by atoms with Crippen LogP contribution in [-0.2, 0) is 0 Å². The summed E-state index contributed by atoms with van der Waals surface area (Å²) in [5, 5.41) is 16.7. The molecule has 30 heavy (non-hydrogen) atoms. The SMILES string of the molecule is COc1ccccc1OC[C@@H](O)CN1CCC(Nc2cccc3ccccc23)CC1. The molecule has 3 aromatic carbocycles. The monoisotopic (exact) mass is 406 g/mol. The molecule has 0 aliphatic carbocycles. The molecule has 0 spiro atoms. The van der Waals surface area contributed by atoms with E-state index in [9.17, 15) is 5.11 Å². The highest BCUT2D eigenvalue weighted by Gasteiger charge is 2.21. The minimum atomic E-state index is -0.530. The fraction of sp³-hybridized carbons (Fsp3) is 0.360. The zero-order chi connectivity index (χ0) is 20.8. The van der Waals surface area contributed by atoms with E-state index in [1.54, 1.807) is 7.11 Å². The Balaban J connectivity index is 1.24. The normalized spacial score (nSPS) is 16.3. The number of para-hydroxylation sites is 2. The van der Waals surface area contributed by atoms with Crippen LogP contribution >= 0.6 is 0 Å². The van der Waals surface area contributed by atoms with Crippen molar-refractivity contribution in [3.05, 3.63) is 66.7 Å². The first-order valence-corrected chi connectivity index (χ1v) is 10.6. The highest BCUT2D eigenvalue weighted by Crippen LogP contribution is 2.27. The molecule has 0 bridgehead atoms. The van der Waals surface area contributed by atoms with Crippen molar-refractivity contribution in [1.82, 2.24) is 4.90 Å². The van der Waals surface area contributed by atoms with Gasteiger partial charge in [-0.05, 0) is 36.4 Å². The Kier molecular flexibility index (Phi) is 6.72. The molecule has 2 N–H and O–H groups in total. The van der Waals surface area contributed by atoms with Crippen LogP contribution in [0.15, 0.2) is 66.7 Å². The largest absolute Gasteiger partial charge is 0.493 e. The minimum absolute atomic E-state index is 0.258. The number of piperidine rings is 1. The average molecular weight is 407 g/mol. The molecule has 1 fully saturated rings. The fourth-order valence-electron chi connectivity index (χ4n) is 4.11. The van der Waals surface area contributed by atoms with Gasteiger partial charge >= 0.3 is 0 Å². The van der Waals surface area contributed by atoms with Gasteiger partial charge in [-0.3, -0.25) is 0 Å². The maximum atomic E-state index is 10.4. The van der Waals surface area contributed by atoms with Gasteiger partial charge in [0.2, 0.25) is 0 Å². The van der Waals surface area contributed by atoms with Crippen LogP contribution in [-0.4, -0.2) is 55.5 Å². The van der Waals surface area contributed by atoms with Crippen molar-refractivity contribution in [2.24, 2.45) is 0 Å². The lowest BCUT2D eigenvalue weighted by Crippen LogP contribution is -2.43. The van der Waals surface area contributed by atoms with Crippen molar-refractivity contribution in [1.29, 1.82) is 0 Å². The summed E-state index contributed by atoms with van der Waals surface area (Å²) in [6.07, 6.45) is 1.59. The summed E-state index contributed by atoms with van der Waals surface area (Å²) in [5.41, 5.74) is 1.21. The van der Waals surface area contributed by atoms with Gasteiger partial charge in [-0.25, -0.2) is 0 Å². The zero-order valence-electron chi connectivity index (χ0n) is 17.5. The predicted molar refractivity (Wildman–Crippen MR) is 122 cm³/mol. The van der Waals surface area contributed by atoms with Crippen LogP contribution in [0.2, 0.25) is 0 Å². The zero-order valence-corrected chi connectivity index (χ0v) is 17.5. The number of ether oxygens (including phenoxy) is 2. The molecule has 0 unspecified atom stereocenters.